The SMILES string of the molecule is CC(Nc1ccc(S(C)(=O)=O)cc1)C1CC2C=CC1C2. The normalized spacial score (nSPS) is 29.6. The highest BCUT2D eigenvalue weighted by molar-refractivity contribution is 7.90. The fourth-order valence-electron chi connectivity index (χ4n) is 3.57. The molecule has 1 aromatic carbocycles. The average Bonchev–Trinajstić information content (AvgIpc) is 3.00. The summed E-state index contributed by atoms with van der Waals surface area (Å²) in [4.78, 5) is 0.374. The highest BCUT2D eigenvalue weighted by Gasteiger charge is 2.38. The molecule has 0 aliphatic heterocycles. The number of fused-ring (bicyclic) bond motifs is 2. The minimum atomic E-state index is -3.11. The van der Waals surface area contributed by atoms with Crippen LogP contribution < -0.4 is 5.32 Å². The summed E-state index contributed by atoms with van der Waals surface area (Å²) in [6.45, 7) is 2.23. The van der Waals surface area contributed by atoms with Gasteiger partial charge in [0.2, 0.25) is 0 Å². The molecular weight excluding hydrogens is 270 g/mol. The van der Waals surface area contributed by atoms with Gasteiger partial charge in [-0.3, -0.25) is 0 Å². The second-order valence-electron chi connectivity index (χ2n) is 6.17. The fraction of sp³-hybridized carbons (Fsp3) is 0.500. The van der Waals surface area contributed by atoms with Crippen LogP contribution in [0.4, 0.5) is 5.69 Å². The maximum Gasteiger partial charge on any atom is 0.175 e. The first-order valence-corrected chi connectivity index (χ1v) is 9.07. The van der Waals surface area contributed by atoms with E-state index in [1.807, 2.05) is 12.1 Å². The van der Waals surface area contributed by atoms with Crippen LogP contribution in [0.15, 0.2) is 41.3 Å². The summed E-state index contributed by atoms with van der Waals surface area (Å²) in [5.41, 5.74) is 0.997. The molecule has 1 aromatic rings. The lowest BCUT2D eigenvalue weighted by Gasteiger charge is -2.27. The third-order valence-electron chi connectivity index (χ3n) is 4.65. The molecule has 3 nitrogen and oxygen atoms in total. The highest BCUT2D eigenvalue weighted by atomic mass is 32.2. The van der Waals surface area contributed by atoms with Crippen LogP contribution in [0.1, 0.15) is 19.8 Å². The van der Waals surface area contributed by atoms with Crippen molar-refractivity contribution < 1.29 is 8.42 Å². The van der Waals surface area contributed by atoms with Crippen LogP contribution in [0.25, 0.3) is 0 Å². The number of benzene rings is 1. The molecule has 108 valence electrons. The van der Waals surface area contributed by atoms with E-state index < -0.39 is 9.84 Å². The number of hydrogen-bond donors (Lipinski definition) is 1. The molecule has 2 bridgehead atoms. The van der Waals surface area contributed by atoms with Crippen LogP contribution >= 0.6 is 0 Å². The Hall–Kier alpha value is -1.29. The summed E-state index contributed by atoms with van der Waals surface area (Å²) in [6, 6.07) is 7.47. The van der Waals surface area contributed by atoms with Gasteiger partial charge in [0.25, 0.3) is 0 Å². The van der Waals surface area contributed by atoms with E-state index in [0.29, 0.717) is 16.9 Å². The largest absolute Gasteiger partial charge is 0.382 e. The minimum absolute atomic E-state index is 0.374. The highest BCUT2D eigenvalue weighted by Crippen LogP contribution is 2.45. The predicted octanol–water partition coefficient (Wildman–Crippen LogP) is 3.10. The molecule has 0 aromatic heterocycles. The molecule has 4 atom stereocenters. The molecule has 0 radical (unpaired) electrons. The van der Waals surface area contributed by atoms with Crippen LogP contribution in [-0.4, -0.2) is 20.7 Å². The molecule has 0 saturated heterocycles. The van der Waals surface area contributed by atoms with Crippen molar-refractivity contribution in [3.63, 3.8) is 0 Å². The molecule has 2 aliphatic rings. The lowest BCUT2D eigenvalue weighted by Crippen LogP contribution is -2.28. The van der Waals surface area contributed by atoms with Crippen LogP contribution in [0.2, 0.25) is 0 Å². The van der Waals surface area contributed by atoms with E-state index in [2.05, 4.69) is 24.4 Å². The first-order valence-electron chi connectivity index (χ1n) is 7.18. The van der Waals surface area contributed by atoms with Crippen molar-refractivity contribution in [2.45, 2.75) is 30.7 Å². The van der Waals surface area contributed by atoms with Crippen molar-refractivity contribution >= 4 is 15.5 Å². The van der Waals surface area contributed by atoms with Crippen LogP contribution in [0.3, 0.4) is 0 Å². The van der Waals surface area contributed by atoms with Gasteiger partial charge < -0.3 is 5.32 Å². The third-order valence-corrected chi connectivity index (χ3v) is 5.78. The Morgan fingerprint density at radius 1 is 1.15 bits per heavy atom. The van der Waals surface area contributed by atoms with E-state index >= 15 is 0 Å². The number of anilines is 1. The van der Waals surface area contributed by atoms with Crippen LogP contribution in [-0.2, 0) is 9.84 Å². The van der Waals surface area contributed by atoms with Gasteiger partial charge in [0.05, 0.1) is 4.90 Å². The number of sulfone groups is 1. The second kappa shape index (κ2) is 4.92. The summed E-state index contributed by atoms with van der Waals surface area (Å²) in [5, 5.41) is 3.52. The standard InChI is InChI=1S/C16H21NO2S/c1-11(16-10-12-3-4-13(16)9-12)17-14-5-7-15(8-6-14)20(2,18)19/h3-8,11-13,16-17H,9-10H2,1-2H3. The number of nitrogens with one attached hydrogen (secondary N) is 1. The molecule has 1 N–H and O–H groups in total. The first-order chi connectivity index (χ1) is 9.43. The fourth-order valence-corrected chi connectivity index (χ4v) is 4.20. The lowest BCUT2D eigenvalue weighted by atomic mass is 9.87. The molecule has 4 heteroatoms. The van der Waals surface area contributed by atoms with Crippen molar-refractivity contribution in [3.05, 3.63) is 36.4 Å². The van der Waals surface area contributed by atoms with Crippen molar-refractivity contribution in [1.82, 2.24) is 0 Å². The maximum atomic E-state index is 11.4. The van der Waals surface area contributed by atoms with Gasteiger partial charge in [0.15, 0.2) is 9.84 Å². The molecule has 0 spiro atoms. The van der Waals surface area contributed by atoms with Gasteiger partial charge in [-0.15, -0.1) is 0 Å². The summed E-state index contributed by atoms with van der Waals surface area (Å²) in [6.07, 6.45) is 8.54. The van der Waals surface area contributed by atoms with E-state index in [1.54, 1.807) is 12.1 Å². The number of allylic oxidation sites excluding steroid dienone is 2. The van der Waals surface area contributed by atoms with Gasteiger partial charge in [0.1, 0.15) is 0 Å². The van der Waals surface area contributed by atoms with Crippen molar-refractivity contribution in [2.75, 3.05) is 11.6 Å². The zero-order valence-corrected chi connectivity index (χ0v) is 12.7. The third kappa shape index (κ3) is 2.62. The number of hydrogen-bond acceptors (Lipinski definition) is 3. The van der Waals surface area contributed by atoms with Gasteiger partial charge in [0, 0.05) is 18.0 Å². The van der Waals surface area contributed by atoms with Crippen molar-refractivity contribution in [3.8, 4) is 0 Å². The lowest BCUT2D eigenvalue weighted by molar-refractivity contribution is 0.400. The summed E-state index contributed by atoms with van der Waals surface area (Å²) in [7, 11) is -3.11. The van der Waals surface area contributed by atoms with Crippen LogP contribution in [0.5, 0.6) is 0 Å². The Labute approximate surface area is 121 Å². The molecule has 0 amide bonds. The van der Waals surface area contributed by atoms with E-state index in [4.69, 9.17) is 0 Å². The Bertz CT molecular complexity index is 618. The first kappa shape index (κ1) is 13.7. The summed E-state index contributed by atoms with van der Waals surface area (Å²) >= 11 is 0. The zero-order chi connectivity index (χ0) is 14.3. The Morgan fingerprint density at radius 2 is 1.85 bits per heavy atom. The molecule has 1 fully saturated rings. The Morgan fingerprint density at radius 3 is 2.35 bits per heavy atom. The molecule has 20 heavy (non-hydrogen) atoms. The van der Waals surface area contributed by atoms with Gasteiger partial charge in [-0.05, 0) is 61.8 Å². The van der Waals surface area contributed by atoms with E-state index in [0.717, 1.165) is 17.5 Å². The molecule has 4 unspecified atom stereocenters. The zero-order valence-electron chi connectivity index (χ0n) is 11.9. The monoisotopic (exact) mass is 291 g/mol. The smallest absolute Gasteiger partial charge is 0.175 e. The van der Waals surface area contributed by atoms with E-state index in [1.165, 1.54) is 19.1 Å². The molecule has 3 rings (SSSR count). The maximum absolute atomic E-state index is 11.4. The molecule has 2 aliphatic carbocycles. The quantitative estimate of drug-likeness (QED) is 0.867. The Kier molecular flexibility index (Phi) is 3.36. The van der Waals surface area contributed by atoms with Crippen molar-refractivity contribution in [2.24, 2.45) is 17.8 Å². The van der Waals surface area contributed by atoms with Gasteiger partial charge >= 0.3 is 0 Å². The van der Waals surface area contributed by atoms with E-state index in [-0.39, 0.29) is 0 Å². The minimum Gasteiger partial charge on any atom is -0.382 e. The second-order valence-corrected chi connectivity index (χ2v) is 8.19. The topological polar surface area (TPSA) is 46.2 Å². The predicted molar refractivity (Wildman–Crippen MR) is 81.5 cm³/mol. The molecule has 1 saturated carbocycles. The van der Waals surface area contributed by atoms with E-state index in [9.17, 15) is 8.42 Å². The average molecular weight is 291 g/mol. The van der Waals surface area contributed by atoms with Gasteiger partial charge in [-0.2, -0.15) is 0 Å². The molecular formula is C16H21NO2S. The Balaban J connectivity index is 1.67. The van der Waals surface area contributed by atoms with Gasteiger partial charge in [-0.25, -0.2) is 8.42 Å². The van der Waals surface area contributed by atoms with Gasteiger partial charge in [-0.1, -0.05) is 12.2 Å². The number of rotatable bonds is 4. The summed E-state index contributed by atoms with van der Waals surface area (Å²) in [5.74, 6) is 2.19. The summed E-state index contributed by atoms with van der Waals surface area (Å²) < 4.78 is 22.9. The molecule has 0 heterocycles. The van der Waals surface area contributed by atoms with Crippen molar-refractivity contribution in [1.29, 1.82) is 0 Å². The van der Waals surface area contributed by atoms with Crippen LogP contribution in [0, 0.1) is 17.8 Å².